The van der Waals surface area contributed by atoms with Gasteiger partial charge in [-0.05, 0) is 37.5 Å². The molecule has 1 aromatic carbocycles. The number of benzene rings is 1. The van der Waals surface area contributed by atoms with Gasteiger partial charge in [-0.1, -0.05) is 12.1 Å². The summed E-state index contributed by atoms with van der Waals surface area (Å²) in [5.41, 5.74) is 2.76. The van der Waals surface area contributed by atoms with Crippen LogP contribution in [0.4, 0.5) is 0 Å². The van der Waals surface area contributed by atoms with Crippen LogP contribution in [0.5, 0.6) is 5.75 Å². The minimum absolute atomic E-state index is 0.0246. The Kier molecular flexibility index (Phi) is 5.13. The van der Waals surface area contributed by atoms with Gasteiger partial charge in [0.1, 0.15) is 11.4 Å². The number of amides is 1. The van der Waals surface area contributed by atoms with E-state index < -0.39 is 11.9 Å². The minimum atomic E-state index is -0.629. The molecule has 1 fully saturated rings. The average molecular weight is 396 g/mol. The van der Waals surface area contributed by atoms with Gasteiger partial charge >= 0.3 is 5.97 Å². The van der Waals surface area contributed by atoms with E-state index in [9.17, 15) is 14.4 Å². The van der Waals surface area contributed by atoms with Crippen molar-refractivity contribution in [3.8, 4) is 5.75 Å². The highest BCUT2D eigenvalue weighted by Gasteiger charge is 2.45. The standard InChI is InChI=1S/C22H24N2O5/c1-3-29-14-9-7-13(8-10-14)17-18-15(5-4-6-16(18)25)24-12-11-23-21(26)20(24)19(17)22(27)28-2/h7-10,17H,3-6,11-12H2,1-2H3,(H,23,26)/t17-/m0/s1. The Bertz CT molecular complexity index is 929. The molecule has 0 saturated carbocycles. The number of carbonyl (C=O) groups is 3. The first kappa shape index (κ1) is 19.2. The lowest BCUT2D eigenvalue weighted by atomic mass is 9.74. The van der Waals surface area contributed by atoms with E-state index >= 15 is 0 Å². The van der Waals surface area contributed by atoms with Crippen LogP contribution >= 0.6 is 0 Å². The first-order valence-electron chi connectivity index (χ1n) is 9.94. The molecule has 1 aromatic rings. The van der Waals surface area contributed by atoms with Gasteiger partial charge in [0.25, 0.3) is 5.91 Å². The van der Waals surface area contributed by atoms with Crippen molar-refractivity contribution in [1.29, 1.82) is 0 Å². The molecule has 1 amide bonds. The third kappa shape index (κ3) is 3.20. The number of nitrogens with zero attached hydrogens (tertiary/aromatic N) is 1. The first-order valence-corrected chi connectivity index (χ1v) is 9.94. The lowest BCUT2D eigenvalue weighted by Gasteiger charge is -2.43. The first-order chi connectivity index (χ1) is 14.1. The molecule has 7 heteroatoms. The fourth-order valence-electron chi connectivity index (χ4n) is 4.45. The number of hydrogen-bond acceptors (Lipinski definition) is 6. The molecule has 0 radical (unpaired) electrons. The lowest BCUT2D eigenvalue weighted by molar-refractivity contribution is -0.137. The van der Waals surface area contributed by atoms with Crippen LogP contribution in [0.25, 0.3) is 0 Å². The van der Waals surface area contributed by atoms with Crippen molar-refractivity contribution in [2.24, 2.45) is 0 Å². The van der Waals surface area contributed by atoms with E-state index in [-0.39, 0.29) is 17.3 Å². The summed E-state index contributed by atoms with van der Waals surface area (Å²) in [6.07, 6.45) is 1.89. The zero-order valence-electron chi connectivity index (χ0n) is 16.6. The van der Waals surface area contributed by atoms with Gasteiger partial charge in [-0.25, -0.2) is 4.79 Å². The van der Waals surface area contributed by atoms with Gasteiger partial charge in [0.05, 0.1) is 19.3 Å². The fraction of sp³-hybridized carbons (Fsp3) is 0.409. The zero-order valence-corrected chi connectivity index (χ0v) is 16.6. The normalized spacial score (nSPS) is 21.4. The number of nitrogens with one attached hydrogen (secondary N) is 1. The topological polar surface area (TPSA) is 84.9 Å². The SMILES string of the molecule is CCOc1ccc([C@H]2C3=C(CCCC3=O)N3CCNC(=O)C3=C2C(=O)OC)cc1. The summed E-state index contributed by atoms with van der Waals surface area (Å²) in [4.78, 5) is 40.5. The molecule has 1 N–H and O–H groups in total. The Morgan fingerprint density at radius 2 is 1.97 bits per heavy atom. The molecule has 1 aliphatic carbocycles. The Labute approximate surface area is 169 Å². The smallest absolute Gasteiger partial charge is 0.337 e. The number of methoxy groups -OCH3 is 1. The number of fused-ring (bicyclic) bond motifs is 2. The van der Waals surface area contributed by atoms with E-state index in [0.717, 1.165) is 17.7 Å². The quantitative estimate of drug-likeness (QED) is 0.784. The maximum Gasteiger partial charge on any atom is 0.337 e. The fourth-order valence-corrected chi connectivity index (χ4v) is 4.45. The molecule has 4 rings (SSSR count). The largest absolute Gasteiger partial charge is 0.494 e. The number of carbonyl (C=O) groups excluding carboxylic acids is 3. The molecule has 2 heterocycles. The van der Waals surface area contributed by atoms with Crippen molar-refractivity contribution in [2.75, 3.05) is 26.8 Å². The molecule has 0 aromatic heterocycles. The average Bonchev–Trinajstić information content (AvgIpc) is 2.74. The predicted octanol–water partition coefficient (Wildman–Crippen LogP) is 2.05. The second-order valence-electron chi connectivity index (χ2n) is 7.23. The summed E-state index contributed by atoms with van der Waals surface area (Å²) in [5.74, 6) is -0.795. The number of ketones is 1. The Balaban J connectivity index is 1.93. The predicted molar refractivity (Wildman–Crippen MR) is 105 cm³/mol. The monoisotopic (exact) mass is 396 g/mol. The van der Waals surface area contributed by atoms with Crippen LogP contribution in [0.15, 0.2) is 46.8 Å². The summed E-state index contributed by atoms with van der Waals surface area (Å²) in [6, 6.07) is 7.34. The number of rotatable bonds is 4. The van der Waals surface area contributed by atoms with Crippen LogP contribution < -0.4 is 10.1 Å². The van der Waals surface area contributed by atoms with Crippen LogP contribution in [-0.4, -0.2) is 49.4 Å². The highest BCUT2D eigenvalue weighted by molar-refractivity contribution is 6.09. The molecule has 1 saturated heterocycles. The van der Waals surface area contributed by atoms with Gasteiger partial charge in [-0.3, -0.25) is 9.59 Å². The van der Waals surface area contributed by atoms with Crippen molar-refractivity contribution in [1.82, 2.24) is 10.2 Å². The molecule has 2 aliphatic heterocycles. The van der Waals surface area contributed by atoms with Crippen LogP contribution in [0.2, 0.25) is 0 Å². The Morgan fingerprint density at radius 3 is 2.66 bits per heavy atom. The third-order valence-electron chi connectivity index (χ3n) is 5.62. The van der Waals surface area contributed by atoms with E-state index in [1.165, 1.54) is 7.11 Å². The van der Waals surface area contributed by atoms with Crippen molar-refractivity contribution < 1.29 is 23.9 Å². The molecule has 3 aliphatic rings. The van der Waals surface area contributed by atoms with E-state index in [2.05, 4.69) is 5.32 Å². The molecule has 0 unspecified atom stereocenters. The molecular weight excluding hydrogens is 372 g/mol. The minimum Gasteiger partial charge on any atom is -0.494 e. The van der Waals surface area contributed by atoms with Crippen molar-refractivity contribution in [2.45, 2.75) is 32.1 Å². The lowest BCUT2D eigenvalue weighted by Crippen LogP contribution is -2.50. The number of piperazine rings is 1. The molecule has 152 valence electrons. The van der Waals surface area contributed by atoms with Crippen LogP contribution in [0, 0.1) is 0 Å². The second-order valence-corrected chi connectivity index (χ2v) is 7.23. The van der Waals surface area contributed by atoms with Gasteiger partial charge in [-0.15, -0.1) is 0 Å². The van der Waals surface area contributed by atoms with E-state index in [1.807, 2.05) is 36.1 Å². The highest BCUT2D eigenvalue weighted by atomic mass is 16.5. The molecule has 0 spiro atoms. The summed E-state index contributed by atoms with van der Waals surface area (Å²) in [7, 11) is 1.29. The van der Waals surface area contributed by atoms with Crippen LogP contribution in [0.1, 0.15) is 37.7 Å². The van der Waals surface area contributed by atoms with Crippen molar-refractivity contribution >= 4 is 17.7 Å². The van der Waals surface area contributed by atoms with Crippen molar-refractivity contribution in [3.05, 3.63) is 52.4 Å². The molecule has 1 atom stereocenters. The molecule has 0 bridgehead atoms. The maximum absolute atomic E-state index is 13.0. The second kappa shape index (κ2) is 7.73. The number of ether oxygens (including phenoxy) is 2. The number of allylic oxidation sites excluding steroid dienone is 2. The Hall–Kier alpha value is -3.09. The van der Waals surface area contributed by atoms with Gasteiger partial charge in [0.2, 0.25) is 0 Å². The summed E-state index contributed by atoms with van der Waals surface area (Å²) in [6.45, 7) is 3.45. The third-order valence-corrected chi connectivity index (χ3v) is 5.62. The zero-order chi connectivity index (χ0) is 20.5. The number of Topliss-reactive ketones (excluding diaryl/α,β-unsaturated/α-hetero) is 1. The highest BCUT2D eigenvalue weighted by Crippen LogP contribution is 2.46. The summed E-state index contributed by atoms with van der Waals surface area (Å²) in [5, 5.41) is 2.82. The Morgan fingerprint density at radius 1 is 1.21 bits per heavy atom. The van der Waals surface area contributed by atoms with E-state index in [1.54, 1.807) is 0 Å². The maximum atomic E-state index is 13.0. The van der Waals surface area contributed by atoms with Gasteiger partial charge in [0, 0.05) is 36.7 Å². The molecular formula is C22H24N2O5. The van der Waals surface area contributed by atoms with Crippen LogP contribution in [0.3, 0.4) is 0 Å². The van der Waals surface area contributed by atoms with E-state index in [0.29, 0.717) is 49.6 Å². The number of hydrogen-bond donors (Lipinski definition) is 1. The van der Waals surface area contributed by atoms with Gasteiger partial charge in [0.15, 0.2) is 5.78 Å². The summed E-state index contributed by atoms with van der Waals surface area (Å²) >= 11 is 0. The van der Waals surface area contributed by atoms with Crippen LogP contribution in [-0.2, 0) is 19.1 Å². The molecule has 29 heavy (non-hydrogen) atoms. The van der Waals surface area contributed by atoms with Crippen molar-refractivity contribution in [3.63, 3.8) is 0 Å². The van der Waals surface area contributed by atoms with E-state index in [4.69, 9.17) is 9.47 Å². The summed E-state index contributed by atoms with van der Waals surface area (Å²) < 4.78 is 10.6. The van der Waals surface area contributed by atoms with Gasteiger partial charge in [-0.2, -0.15) is 0 Å². The molecule has 7 nitrogen and oxygen atoms in total. The van der Waals surface area contributed by atoms with Gasteiger partial charge < -0.3 is 19.7 Å². The number of esters is 1.